The van der Waals surface area contributed by atoms with Crippen LogP contribution in [0.15, 0.2) is 23.1 Å². The van der Waals surface area contributed by atoms with Gasteiger partial charge in [-0.05, 0) is 30.5 Å². The molecule has 5 nitrogen and oxygen atoms in total. The number of hydrogen-bond acceptors (Lipinski definition) is 4. The van der Waals surface area contributed by atoms with Crippen molar-refractivity contribution in [1.29, 1.82) is 0 Å². The van der Waals surface area contributed by atoms with Crippen LogP contribution in [0, 0.1) is 5.92 Å². The molecule has 8 heteroatoms. The molecule has 0 radical (unpaired) electrons. The van der Waals surface area contributed by atoms with Gasteiger partial charge in [-0.1, -0.05) is 25.4 Å². The Balaban J connectivity index is 0.00000400. The number of nitrogens with one attached hydrogen (secondary N) is 1. The van der Waals surface area contributed by atoms with Crippen LogP contribution in [0.2, 0.25) is 5.02 Å². The van der Waals surface area contributed by atoms with Crippen molar-refractivity contribution in [2.45, 2.75) is 31.2 Å². The highest BCUT2D eigenvalue weighted by Gasteiger charge is 2.23. The van der Waals surface area contributed by atoms with E-state index in [0.717, 1.165) is 0 Å². The van der Waals surface area contributed by atoms with E-state index in [4.69, 9.17) is 22.1 Å². The lowest BCUT2D eigenvalue weighted by atomic mass is 10.1. The highest BCUT2D eigenvalue weighted by Crippen LogP contribution is 2.27. The average Bonchev–Trinajstić information content (AvgIpc) is 2.37. The maximum atomic E-state index is 12.4. The quantitative estimate of drug-likeness (QED) is 0.785. The van der Waals surface area contributed by atoms with Gasteiger partial charge in [0, 0.05) is 17.6 Å². The molecule has 0 fully saturated rings. The van der Waals surface area contributed by atoms with Crippen LogP contribution in [0.25, 0.3) is 0 Å². The Kier molecular flexibility index (Phi) is 8.58. The van der Waals surface area contributed by atoms with E-state index in [1.165, 1.54) is 19.2 Å². The molecule has 0 heterocycles. The summed E-state index contributed by atoms with van der Waals surface area (Å²) in [5.41, 5.74) is 5.62. The second-order valence-electron chi connectivity index (χ2n) is 4.98. The molecule has 0 saturated carbocycles. The minimum absolute atomic E-state index is 0. The number of benzene rings is 1. The van der Waals surface area contributed by atoms with Crippen molar-refractivity contribution in [3.8, 4) is 5.75 Å². The smallest absolute Gasteiger partial charge is 0.244 e. The van der Waals surface area contributed by atoms with Crippen molar-refractivity contribution in [1.82, 2.24) is 4.72 Å². The zero-order chi connectivity index (χ0) is 15.3. The SMILES string of the molecule is COc1ccc(Cl)cc1S(=O)(=O)NC(CN)CC(C)C.Cl. The molecule has 0 spiro atoms. The van der Waals surface area contributed by atoms with E-state index in [-0.39, 0.29) is 35.6 Å². The van der Waals surface area contributed by atoms with Gasteiger partial charge >= 0.3 is 0 Å². The third-order valence-electron chi connectivity index (χ3n) is 2.78. The van der Waals surface area contributed by atoms with E-state index in [9.17, 15) is 8.42 Å². The molecule has 0 aliphatic rings. The molecule has 1 aromatic rings. The third-order valence-corrected chi connectivity index (χ3v) is 4.55. The van der Waals surface area contributed by atoms with Crippen LogP contribution in [0.1, 0.15) is 20.3 Å². The van der Waals surface area contributed by atoms with Crippen molar-refractivity contribution in [2.24, 2.45) is 11.7 Å². The summed E-state index contributed by atoms with van der Waals surface area (Å²) in [6.07, 6.45) is 0.665. The van der Waals surface area contributed by atoms with Gasteiger partial charge in [-0.2, -0.15) is 0 Å². The Labute approximate surface area is 137 Å². The number of ether oxygens (including phenoxy) is 1. The highest BCUT2D eigenvalue weighted by atomic mass is 35.5. The maximum Gasteiger partial charge on any atom is 0.244 e. The normalized spacial score (nSPS) is 12.9. The summed E-state index contributed by atoms with van der Waals surface area (Å²) in [6.45, 7) is 4.26. The largest absolute Gasteiger partial charge is 0.495 e. The van der Waals surface area contributed by atoms with Crippen molar-refractivity contribution >= 4 is 34.0 Å². The van der Waals surface area contributed by atoms with Gasteiger partial charge in [-0.3, -0.25) is 0 Å². The van der Waals surface area contributed by atoms with Gasteiger partial charge in [-0.15, -0.1) is 12.4 Å². The second-order valence-corrected chi connectivity index (χ2v) is 7.10. The van der Waals surface area contributed by atoms with Crippen molar-refractivity contribution in [3.05, 3.63) is 23.2 Å². The number of nitrogens with two attached hydrogens (primary N) is 1. The standard InChI is InChI=1S/C13H21ClN2O3S.ClH/c1-9(2)6-11(8-15)16-20(17,18)13-7-10(14)4-5-12(13)19-3;/h4-5,7,9,11,16H,6,8,15H2,1-3H3;1H. The molecule has 0 aliphatic heterocycles. The fraction of sp³-hybridized carbons (Fsp3) is 0.538. The van der Waals surface area contributed by atoms with Crippen LogP contribution in [0.3, 0.4) is 0 Å². The monoisotopic (exact) mass is 356 g/mol. The molecule has 1 rings (SSSR count). The van der Waals surface area contributed by atoms with Gasteiger partial charge in [0.15, 0.2) is 0 Å². The molecule has 1 aromatic carbocycles. The van der Waals surface area contributed by atoms with E-state index in [2.05, 4.69) is 4.72 Å². The summed E-state index contributed by atoms with van der Waals surface area (Å²) in [4.78, 5) is 0.0229. The zero-order valence-electron chi connectivity index (χ0n) is 12.3. The number of rotatable bonds is 7. The van der Waals surface area contributed by atoms with E-state index in [1.807, 2.05) is 13.8 Å². The van der Waals surface area contributed by atoms with Crippen molar-refractivity contribution in [3.63, 3.8) is 0 Å². The van der Waals surface area contributed by atoms with Gasteiger partial charge in [0.05, 0.1) is 7.11 Å². The summed E-state index contributed by atoms with van der Waals surface area (Å²) in [5.74, 6) is 0.592. The molecule has 0 saturated heterocycles. The molecular weight excluding hydrogens is 335 g/mol. The Morgan fingerprint density at radius 2 is 2.00 bits per heavy atom. The first-order valence-electron chi connectivity index (χ1n) is 6.36. The Hall–Kier alpha value is -0.530. The van der Waals surface area contributed by atoms with Crippen molar-refractivity contribution in [2.75, 3.05) is 13.7 Å². The fourth-order valence-corrected chi connectivity index (χ4v) is 3.60. The first-order valence-corrected chi connectivity index (χ1v) is 8.22. The zero-order valence-corrected chi connectivity index (χ0v) is 14.7. The molecular formula is C13H22Cl2N2O3S. The molecule has 0 aromatic heterocycles. The fourth-order valence-electron chi connectivity index (χ4n) is 1.90. The Morgan fingerprint density at radius 1 is 1.38 bits per heavy atom. The minimum Gasteiger partial charge on any atom is -0.495 e. The minimum atomic E-state index is -3.72. The summed E-state index contributed by atoms with van der Waals surface area (Å²) >= 11 is 5.86. The van der Waals surface area contributed by atoms with E-state index in [0.29, 0.717) is 17.4 Å². The summed E-state index contributed by atoms with van der Waals surface area (Å²) in [5, 5.41) is 0.333. The number of sulfonamides is 1. The number of halogens is 2. The number of hydrogen-bond donors (Lipinski definition) is 2. The van der Waals surface area contributed by atoms with Crippen LogP contribution < -0.4 is 15.2 Å². The molecule has 0 amide bonds. The summed E-state index contributed by atoms with van der Waals surface area (Å²) < 4.78 is 32.5. The molecule has 21 heavy (non-hydrogen) atoms. The molecule has 0 bridgehead atoms. The molecule has 1 atom stereocenters. The van der Waals surface area contributed by atoms with Crippen LogP contribution in [-0.4, -0.2) is 28.1 Å². The van der Waals surface area contributed by atoms with Crippen LogP contribution in [0.5, 0.6) is 5.75 Å². The van der Waals surface area contributed by atoms with E-state index in [1.54, 1.807) is 6.07 Å². The van der Waals surface area contributed by atoms with E-state index >= 15 is 0 Å². The predicted molar refractivity (Wildman–Crippen MR) is 87.9 cm³/mol. The first-order chi connectivity index (χ1) is 9.30. The van der Waals surface area contributed by atoms with Crippen LogP contribution >= 0.6 is 24.0 Å². The average molecular weight is 357 g/mol. The topological polar surface area (TPSA) is 81.4 Å². The van der Waals surface area contributed by atoms with Gasteiger partial charge in [0.2, 0.25) is 10.0 Å². The second kappa shape index (κ2) is 8.80. The van der Waals surface area contributed by atoms with Crippen molar-refractivity contribution < 1.29 is 13.2 Å². The molecule has 122 valence electrons. The van der Waals surface area contributed by atoms with Gasteiger partial charge in [0.1, 0.15) is 10.6 Å². The lowest BCUT2D eigenvalue weighted by Gasteiger charge is -2.19. The summed E-state index contributed by atoms with van der Waals surface area (Å²) in [6, 6.07) is 4.15. The van der Waals surface area contributed by atoms with E-state index < -0.39 is 10.0 Å². The maximum absolute atomic E-state index is 12.4. The lowest BCUT2D eigenvalue weighted by molar-refractivity contribution is 0.401. The molecule has 0 aliphatic carbocycles. The van der Waals surface area contributed by atoms with Crippen LogP contribution in [0.4, 0.5) is 0 Å². The van der Waals surface area contributed by atoms with Crippen LogP contribution in [-0.2, 0) is 10.0 Å². The highest BCUT2D eigenvalue weighted by molar-refractivity contribution is 7.89. The lowest BCUT2D eigenvalue weighted by Crippen LogP contribution is -2.41. The van der Waals surface area contributed by atoms with Gasteiger partial charge < -0.3 is 10.5 Å². The first kappa shape index (κ1) is 20.5. The summed E-state index contributed by atoms with van der Waals surface area (Å²) in [7, 11) is -2.31. The predicted octanol–water partition coefficient (Wildman–Crippen LogP) is 2.42. The third kappa shape index (κ3) is 6.00. The van der Waals surface area contributed by atoms with Gasteiger partial charge in [-0.25, -0.2) is 13.1 Å². The molecule has 3 N–H and O–H groups in total. The Bertz CT molecular complexity index is 550. The molecule has 1 unspecified atom stereocenters. The number of methoxy groups -OCH3 is 1. The van der Waals surface area contributed by atoms with Gasteiger partial charge in [0.25, 0.3) is 0 Å². The Morgan fingerprint density at radius 3 is 2.48 bits per heavy atom.